The van der Waals surface area contributed by atoms with Gasteiger partial charge in [-0.2, -0.15) is 0 Å². The van der Waals surface area contributed by atoms with Crippen LogP contribution in [-0.4, -0.2) is 68.3 Å². The quantitative estimate of drug-likeness (QED) is 0.289. The molecule has 0 saturated heterocycles. The normalized spacial score (nSPS) is 19.4. The van der Waals surface area contributed by atoms with Crippen LogP contribution >= 0.6 is 12.2 Å². The third-order valence-electron chi connectivity index (χ3n) is 7.52. The van der Waals surface area contributed by atoms with Crippen molar-refractivity contribution < 1.29 is 38.0 Å². The Morgan fingerprint density at radius 1 is 1.03 bits per heavy atom. The Labute approximate surface area is 234 Å². The van der Waals surface area contributed by atoms with Crippen LogP contribution in [0.25, 0.3) is 0 Å². The summed E-state index contributed by atoms with van der Waals surface area (Å²) in [5, 5.41) is 0.299. The second-order valence-corrected chi connectivity index (χ2v) is 10.5. The molecule has 39 heavy (non-hydrogen) atoms. The molecule has 1 aliphatic carbocycles. The second-order valence-electron chi connectivity index (χ2n) is 10.2. The molecule has 1 aromatic heterocycles. The molecule has 0 aliphatic heterocycles. The van der Waals surface area contributed by atoms with E-state index in [9.17, 15) is 9.59 Å². The molecule has 1 heterocycles. The summed E-state index contributed by atoms with van der Waals surface area (Å²) in [5.74, 6) is -1.08. The van der Waals surface area contributed by atoms with Crippen molar-refractivity contribution in [3.05, 3.63) is 35.4 Å². The van der Waals surface area contributed by atoms with Crippen LogP contribution in [-0.2, 0) is 14.2 Å². The van der Waals surface area contributed by atoms with Crippen molar-refractivity contribution in [1.82, 2.24) is 9.55 Å². The van der Waals surface area contributed by atoms with E-state index >= 15 is 0 Å². The second kappa shape index (κ2) is 12.7. The summed E-state index contributed by atoms with van der Waals surface area (Å²) in [6, 6.07) is 0. The first kappa shape index (κ1) is 30.2. The zero-order valence-electron chi connectivity index (χ0n) is 23.9. The highest BCUT2D eigenvalue weighted by atomic mass is 32.1. The fourth-order valence-corrected chi connectivity index (χ4v) is 5.94. The van der Waals surface area contributed by atoms with Crippen molar-refractivity contribution >= 4 is 29.3 Å². The third kappa shape index (κ3) is 5.68. The van der Waals surface area contributed by atoms with Crippen molar-refractivity contribution in [2.45, 2.75) is 58.5 Å². The lowest BCUT2D eigenvalue weighted by Gasteiger charge is -2.41. The van der Waals surface area contributed by atoms with Crippen molar-refractivity contribution in [2.75, 3.05) is 35.5 Å². The molecular weight excluding hydrogens is 524 g/mol. The molecule has 1 saturated carbocycles. The standard InChI is InChI=1S/C28H38N2O8S/c1-16(2)14-17(28(3)11-9-10-18(28)38-27(39)30-13-12-29-15-30)19-22(33-4)20(25(31)36-7)24(35-6)21(23(19)34-5)26(32)37-8/h12-13,15-18H,9-11,14H2,1-8H3/t17-,18?,28+/m0/s1. The van der Waals surface area contributed by atoms with Gasteiger partial charge in [-0.15, -0.1) is 0 Å². The Kier molecular flexibility index (Phi) is 9.82. The van der Waals surface area contributed by atoms with Gasteiger partial charge in [-0.1, -0.05) is 20.8 Å². The number of carbonyl (C=O) groups excluding carboxylic acids is 2. The number of nitrogens with zero attached hydrogens (tertiary/aromatic N) is 2. The van der Waals surface area contributed by atoms with Crippen LogP contribution in [0.5, 0.6) is 17.2 Å². The van der Waals surface area contributed by atoms with Gasteiger partial charge in [0.2, 0.25) is 0 Å². The largest absolute Gasteiger partial charge is 0.495 e. The molecule has 1 unspecified atom stereocenters. The minimum atomic E-state index is -0.716. The number of imidazole rings is 1. The van der Waals surface area contributed by atoms with Gasteiger partial charge in [0.05, 0.1) is 35.5 Å². The van der Waals surface area contributed by atoms with E-state index in [0.29, 0.717) is 17.2 Å². The lowest BCUT2D eigenvalue weighted by molar-refractivity contribution is 0.0467. The topological polar surface area (TPSA) is 107 Å². The Balaban J connectivity index is 2.34. The van der Waals surface area contributed by atoms with Gasteiger partial charge in [0, 0.05) is 29.3 Å². The van der Waals surface area contributed by atoms with Crippen LogP contribution in [0.3, 0.4) is 0 Å². The number of ether oxygens (including phenoxy) is 6. The molecular formula is C28H38N2O8S. The predicted molar refractivity (Wildman–Crippen MR) is 148 cm³/mol. The molecule has 0 amide bonds. The van der Waals surface area contributed by atoms with Crippen LogP contribution in [0.4, 0.5) is 0 Å². The summed E-state index contributed by atoms with van der Waals surface area (Å²) in [6.45, 7) is 6.37. The lowest BCUT2D eigenvalue weighted by Crippen LogP contribution is -2.38. The van der Waals surface area contributed by atoms with E-state index in [2.05, 4.69) is 25.8 Å². The molecule has 1 aliphatic rings. The first-order valence-corrected chi connectivity index (χ1v) is 13.2. The fraction of sp³-hybridized carbons (Fsp3) is 0.571. The maximum atomic E-state index is 13.1. The van der Waals surface area contributed by atoms with E-state index in [-0.39, 0.29) is 46.3 Å². The maximum Gasteiger partial charge on any atom is 0.345 e. The Bertz CT molecular complexity index is 1150. The summed E-state index contributed by atoms with van der Waals surface area (Å²) in [7, 11) is 6.81. The summed E-state index contributed by atoms with van der Waals surface area (Å²) in [4.78, 5) is 30.4. The summed E-state index contributed by atoms with van der Waals surface area (Å²) >= 11 is 5.59. The number of thiocarbonyl (C=S) groups is 1. The maximum absolute atomic E-state index is 13.1. The average molecular weight is 563 g/mol. The highest BCUT2D eigenvalue weighted by molar-refractivity contribution is 7.80. The highest BCUT2D eigenvalue weighted by Gasteiger charge is 2.51. The van der Waals surface area contributed by atoms with Gasteiger partial charge in [0.25, 0.3) is 5.17 Å². The molecule has 10 nitrogen and oxygen atoms in total. The smallest absolute Gasteiger partial charge is 0.345 e. The summed E-state index contributed by atoms with van der Waals surface area (Å²) in [6.07, 6.45) is 7.86. The number of esters is 2. The number of benzene rings is 1. The van der Waals surface area contributed by atoms with Gasteiger partial charge in [0.15, 0.2) is 5.75 Å². The highest BCUT2D eigenvalue weighted by Crippen LogP contribution is 2.58. The van der Waals surface area contributed by atoms with Gasteiger partial charge in [-0.05, 0) is 43.8 Å². The average Bonchev–Trinajstić information content (AvgIpc) is 3.60. The molecule has 214 valence electrons. The molecule has 1 aromatic carbocycles. The van der Waals surface area contributed by atoms with Crippen molar-refractivity contribution in [1.29, 1.82) is 0 Å². The molecule has 3 rings (SSSR count). The first-order valence-electron chi connectivity index (χ1n) is 12.8. The molecule has 11 heteroatoms. The van der Waals surface area contributed by atoms with Gasteiger partial charge in [-0.25, -0.2) is 14.6 Å². The van der Waals surface area contributed by atoms with Crippen molar-refractivity contribution in [3.63, 3.8) is 0 Å². The van der Waals surface area contributed by atoms with E-state index in [1.165, 1.54) is 35.5 Å². The molecule has 0 spiro atoms. The zero-order chi connectivity index (χ0) is 28.9. The van der Waals surface area contributed by atoms with Gasteiger partial charge in [-0.3, -0.25) is 4.57 Å². The van der Waals surface area contributed by atoms with E-state index in [1.54, 1.807) is 23.3 Å². The lowest BCUT2D eigenvalue weighted by atomic mass is 9.66. The number of hydrogen-bond acceptors (Lipinski definition) is 10. The summed E-state index contributed by atoms with van der Waals surface area (Å²) < 4.78 is 35.7. The first-order chi connectivity index (χ1) is 18.6. The molecule has 2 aromatic rings. The Morgan fingerprint density at radius 3 is 2.03 bits per heavy atom. The molecule has 3 atom stereocenters. The zero-order valence-corrected chi connectivity index (χ0v) is 24.7. The molecule has 1 fully saturated rings. The van der Waals surface area contributed by atoms with Crippen LogP contribution in [0, 0.1) is 11.3 Å². The minimum absolute atomic E-state index is 0.0135. The van der Waals surface area contributed by atoms with E-state index < -0.39 is 17.4 Å². The minimum Gasteiger partial charge on any atom is -0.495 e. The number of carbonyl (C=O) groups is 2. The van der Waals surface area contributed by atoms with Crippen LogP contribution in [0.1, 0.15) is 78.7 Å². The SMILES string of the molecule is COC(=O)c1c(OC)c(C(=O)OC)c(OC)c([C@H](CC(C)C)[C@@]2(C)CCCC2OC(=S)n2ccnc2)c1OC. The van der Waals surface area contributed by atoms with Crippen molar-refractivity contribution in [3.8, 4) is 17.2 Å². The van der Waals surface area contributed by atoms with E-state index in [4.69, 9.17) is 40.6 Å². The molecule has 0 bridgehead atoms. The van der Waals surface area contributed by atoms with Gasteiger partial charge < -0.3 is 28.4 Å². The van der Waals surface area contributed by atoms with Crippen LogP contribution < -0.4 is 14.2 Å². The van der Waals surface area contributed by atoms with Gasteiger partial charge in [0.1, 0.15) is 35.1 Å². The van der Waals surface area contributed by atoms with Crippen LogP contribution in [0.15, 0.2) is 18.7 Å². The van der Waals surface area contributed by atoms with Crippen molar-refractivity contribution in [2.24, 2.45) is 11.3 Å². The Morgan fingerprint density at radius 2 is 1.59 bits per heavy atom. The Hall–Kier alpha value is -3.34. The fourth-order valence-electron chi connectivity index (χ4n) is 5.71. The van der Waals surface area contributed by atoms with E-state index in [0.717, 1.165) is 19.3 Å². The number of hydrogen-bond donors (Lipinski definition) is 0. The number of methoxy groups -OCH3 is 5. The number of rotatable bonds is 10. The van der Waals surface area contributed by atoms with Gasteiger partial charge >= 0.3 is 11.9 Å². The van der Waals surface area contributed by atoms with Crippen LogP contribution in [0.2, 0.25) is 0 Å². The predicted octanol–water partition coefficient (Wildman–Crippen LogP) is 5.02. The number of aromatic nitrogens is 2. The molecule has 0 N–H and O–H groups in total. The third-order valence-corrected chi connectivity index (χ3v) is 7.82. The molecule has 0 radical (unpaired) electrons. The monoisotopic (exact) mass is 562 g/mol. The van der Waals surface area contributed by atoms with E-state index in [1.807, 2.05) is 0 Å². The summed E-state index contributed by atoms with van der Waals surface area (Å²) in [5.41, 5.74) is 0.0490.